The first kappa shape index (κ1) is 17.7. The fourth-order valence-electron chi connectivity index (χ4n) is 3.03. The third-order valence-electron chi connectivity index (χ3n) is 4.41. The second-order valence-corrected chi connectivity index (χ2v) is 7.39. The van der Waals surface area contributed by atoms with Crippen molar-refractivity contribution < 1.29 is 14.3 Å². The number of hydrogen-bond acceptors (Lipinski definition) is 3. The summed E-state index contributed by atoms with van der Waals surface area (Å²) < 4.78 is 6.80. The van der Waals surface area contributed by atoms with E-state index in [1.54, 1.807) is 30.3 Å². The van der Waals surface area contributed by atoms with Crippen LogP contribution in [0, 0.1) is 3.57 Å². The summed E-state index contributed by atoms with van der Waals surface area (Å²) in [6, 6.07) is 22.5. The molecule has 0 amide bonds. The Kier molecular flexibility index (Phi) is 4.90. The van der Waals surface area contributed by atoms with E-state index in [4.69, 9.17) is 4.74 Å². The molecule has 0 radical (unpaired) electrons. The van der Waals surface area contributed by atoms with Gasteiger partial charge in [-0.15, -0.1) is 0 Å². The molecule has 0 saturated heterocycles. The van der Waals surface area contributed by atoms with Gasteiger partial charge in [0.25, 0.3) is 0 Å². The van der Waals surface area contributed by atoms with Crippen LogP contribution in [0.25, 0.3) is 6.08 Å². The maximum atomic E-state index is 12.5. The minimum atomic E-state index is -0.213. The molecule has 0 atom stereocenters. The molecule has 0 fully saturated rings. The van der Waals surface area contributed by atoms with Crippen molar-refractivity contribution in [1.29, 1.82) is 0 Å². The third-order valence-corrected chi connectivity index (χ3v) is 5.25. The van der Waals surface area contributed by atoms with Crippen molar-refractivity contribution in [2.45, 2.75) is 6.61 Å². The molecule has 0 heterocycles. The molecule has 0 bridgehead atoms. The normalized spacial score (nSPS) is 12.9. The Bertz CT molecular complexity index is 1030. The molecule has 0 unspecified atom stereocenters. The number of benzene rings is 3. The molecule has 27 heavy (non-hydrogen) atoms. The highest BCUT2D eigenvalue weighted by Gasteiger charge is 2.32. The Morgan fingerprint density at radius 1 is 0.815 bits per heavy atom. The van der Waals surface area contributed by atoms with E-state index >= 15 is 0 Å². The minimum Gasteiger partial charge on any atom is -0.488 e. The zero-order valence-corrected chi connectivity index (χ0v) is 16.5. The lowest BCUT2D eigenvalue weighted by atomic mass is 10.1. The van der Waals surface area contributed by atoms with Crippen LogP contribution in [0.4, 0.5) is 0 Å². The van der Waals surface area contributed by atoms with Crippen molar-refractivity contribution in [3.05, 3.63) is 104 Å². The fourth-order valence-corrected chi connectivity index (χ4v) is 3.72. The summed E-state index contributed by atoms with van der Waals surface area (Å²) in [7, 11) is 0. The van der Waals surface area contributed by atoms with Crippen LogP contribution in [0.1, 0.15) is 31.8 Å². The second kappa shape index (κ2) is 7.48. The van der Waals surface area contributed by atoms with Crippen LogP contribution < -0.4 is 4.74 Å². The van der Waals surface area contributed by atoms with Gasteiger partial charge in [0.05, 0.1) is 9.14 Å². The van der Waals surface area contributed by atoms with Gasteiger partial charge in [-0.25, -0.2) is 0 Å². The highest BCUT2D eigenvalue weighted by molar-refractivity contribution is 14.1. The van der Waals surface area contributed by atoms with E-state index in [9.17, 15) is 9.59 Å². The number of allylic oxidation sites excluding steroid dienone is 1. The number of Topliss-reactive ketones (excluding diaryl/α,β-unsaturated/α-hetero) is 2. The zero-order chi connectivity index (χ0) is 18.8. The van der Waals surface area contributed by atoms with Crippen molar-refractivity contribution >= 4 is 40.2 Å². The Balaban J connectivity index is 1.56. The first-order valence-electron chi connectivity index (χ1n) is 8.50. The van der Waals surface area contributed by atoms with Gasteiger partial charge in [0, 0.05) is 11.1 Å². The van der Waals surface area contributed by atoms with Crippen LogP contribution in [-0.2, 0) is 6.61 Å². The Hall–Kier alpha value is -2.73. The molecule has 0 aromatic heterocycles. The van der Waals surface area contributed by atoms with Gasteiger partial charge in [0.15, 0.2) is 11.6 Å². The molecule has 1 aliphatic carbocycles. The molecule has 3 aromatic carbocycles. The van der Waals surface area contributed by atoms with E-state index in [1.165, 1.54) is 0 Å². The largest absolute Gasteiger partial charge is 0.488 e. The van der Waals surface area contributed by atoms with Crippen molar-refractivity contribution in [2.24, 2.45) is 0 Å². The van der Waals surface area contributed by atoms with Crippen molar-refractivity contribution in [3.8, 4) is 5.75 Å². The van der Waals surface area contributed by atoms with Crippen LogP contribution in [0.2, 0.25) is 0 Å². The number of fused-ring (bicyclic) bond motifs is 1. The molecule has 4 heteroatoms. The molecule has 132 valence electrons. The highest BCUT2D eigenvalue weighted by Crippen LogP contribution is 2.29. The first-order valence-corrected chi connectivity index (χ1v) is 9.58. The summed E-state index contributed by atoms with van der Waals surface area (Å²) in [6.45, 7) is 0.490. The average molecular weight is 466 g/mol. The van der Waals surface area contributed by atoms with E-state index in [0.29, 0.717) is 17.7 Å². The Morgan fingerprint density at radius 3 is 2.07 bits per heavy atom. The minimum absolute atomic E-state index is 0.213. The van der Waals surface area contributed by atoms with Crippen molar-refractivity contribution in [2.75, 3.05) is 0 Å². The molecule has 3 nitrogen and oxygen atoms in total. The summed E-state index contributed by atoms with van der Waals surface area (Å²) in [5, 5.41) is 0. The number of rotatable bonds is 4. The van der Waals surface area contributed by atoms with Gasteiger partial charge in [-0.3, -0.25) is 9.59 Å². The second-order valence-electron chi connectivity index (χ2n) is 6.23. The number of carbonyl (C=O) groups excluding carboxylic acids is 2. The zero-order valence-electron chi connectivity index (χ0n) is 14.3. The summed E-state index contributed by atoms with van der Waals surface area (Å²) >= 11 is 2.20. The van der Waals surface area contributed by atoms with Crippen LogP contribution in [0.5, 0.6) is 5.75 Å². The number of hydrogen-bond donors (Lipinski definition) is 0. The van der Waals surface area contributed by atoms with Crippen LogP contribution in [0.3, 0.4) is 0 Å². The fraction of sp³-hybridized carbons (Fsp3) is 0.0435. The summed E-state index contributed by atoms with van der Waals surface area (Å²) in [4.78, 5) is 25.0. The molecular weight excluding hydrogens is 451 g/mol. The lowest BCUT2D eigenvalue weighted by molar-refractivity contribution is 0.0990. The molecule has 0 aliphatic heterocycles. The summed E-state index contributed by atoms with van der Waals surface area (Å²) in [5.74, 6) is 0.346. The maximum Gasteiger partial charge on any atom is 0.197 e. The Morgan fingerprint density at radius 2 is 1.44 bits per heavy atom. The topological polar surface area (TPSA) is 43.4 Å². The van der Waals surface area contributed by atoms with E-state index in [0.717, 1.165) is 20.4 Å². The predicted molar refractivity (Wildman–Crippen MR) is 113 cm³/mol. The van der Waals surface area contributed by atoms with Crippen LogP contribution in [0.15, 0.2) is 78.4 Å². The molecule has 4 rings (SSSR count). The van der Waals surface area contributed by atoms with Crippen LogP contribution in [-0.4, -0.2) is 11.6 Å². The molecule has 0 N–H and O–H groups in total. The molecule has 0 spiro atoms. The molecule has 1 aliphatic rings. The van der Waals surface area contributed by atoms with Gasteiger partial charge >= 0.3 is 0 Å². The van der Waals surface area contributed by atoms with Crippen molar-refractivity contribution in [1.82, 2.24) is 0 Å². The van der Waals surface area contributed by atoms with E-state index in [-0.39, 0.29) is 17.1 Å². The quantitative estimate of drug-likeness (QED) is 0.297. The van der Waals surface area contributed by atoms with E-state index in [1.807, 2.05) is 48.5 Å². The van der Waals surface area contributed by atoms with Crippen molar-refractivity contribution in [3.63, 3.8) is 0 Å². The number of halogens is 1. The van der Waals surface area contributed by atoms with Gasteiger partial charge in [-0.05, 0) is 51.9 Å². The number of carbonyl (C=O) groups is 2. The monoisotopic (exact) mass is 466 g/mol. The highest BCUT2D eigenvalue weighted by atomic mass is 127. The SMILES string of the molecule is O=C1C(=Cc2ccc(OCc3ccccc3)c(I)c2)C(=O)c2ccccc21. The van der Waals surface area contributed by atoms with Gasteiger partial charge in [0.2, 0.25) is 0 Å². The summed E-state index contributed by atoms with van der Waals surface area (Å²) in [6.07, 6.45) is 1.66. The Labute approximate surface area is 170 Å². The van der Waals surface area contributed by atoms with Crippen LogP contribution >= 0.6 is 22.6 Å². The predicted octanol–water partition coefficient (Wildman–Crippen LogP) is 5.33. The smallest absolute Gasteiger partial charge is 0.197 e. The number of ketones is 2. The van der Waals surface area contributed by atoms with Gasteiger partial charge in [-0.2, -0.15) is 0 Å². The third kappa shape index (κ3) is 3.57. The molecule has 0 saturated carbocycles. The van der Waals surface area contributed by atoms with Gasteiger partial charge in [0.1, 0.15) is 12.4 Å². The van der Waals surface area contributed by atoms with E-state index < -0.39 is 0 Å². The standard InChI is InChI=1S/C23H15IO3/c24-20-13-16(10-11-21(20)27-14-15-6-2-1-3-7-15)12-19-22(25)17-8-4-5-9-18(17)23(19)26/h1-13H,14H2. The average Bonchev–Trinajstić information content (AvgIpc) is 2.93. The lowest BCUT2D eigenvalue weighted by Crippen LogP contribution is -2.00. The maximum absolute atomic E-state index is 12.5. The summed E-state index contributed by atoms with van der Waals surface area (Å²) in [5.41, 5.74) is 3.07. The lowest BCUT2D eigenvalue weighted by Gasteiger charge is -2.09. The number of ether oxygens (including phenoxy) is 1. The molecule has 3 aromatic rings. The first-order chi connectivity index (χ1) is 13.1. The molecular formula is C23H15IO3. The van der Waals surface area contributed by atoms with Gasteiger partial charge in [-0.1, -0.05) is 60.7 Å². The van der Waals surface area contributed by atoms with Gasteiger partial charge < -0.3 is 4.74 Å². The van der Waals surface area contributed by atoms with E-state index in [2.05, 4.69) is 22.6 Å².